The Morgan fingerprint density at radius 2 is 1.19 bits per heavy atom. The van der Waals surface area contributed by atoms with Crippen molar-refractivity contribution < 1.29 is 48.0 Å². The standard InChI is InChI=1S/C14H25NO5.C10H17NO5/c1-13(2,3)20-11(16)8-15-7-6-14(9-15,10-18-4)12(17)19-5;1-15-7-10(9(14)16-2)3-4-11(6-10)5-8(12)13/h6-10H2,1-5H3;3-7H2,1-2H3,(H,12,13). The van der Waals surface area contributed by atoms with Crippen molar-refractivity contribution in [2.24, 2.45) is 10.8 Å². The van der Waals surface area contributed by atoms with Gasteiger partial charge in [0.25, 0.3) is 0 Å². The highest BCUT2D eigenvalue weighted by Crippen LogP contribution is 2.33. The Morgan fingerprint density at radius 1 is 0.778 bits per heavy atom. The molecule has 2 atom stereocenters. The number of hydrogen-bond acceptors (Lipinski definition) is 11. The molecular weight excluding hydrogens is 476 g/mol. The molecule has 0 aromatic rings. The van der Waals surface area contributed by atoms with Gasteiger partial charge in [0.05, 0.1) is 40.5 Å². The van der Waals surface area contributed by atoms with E-state index in [-0.39, 0.29) is 37.6 Å². The van der Waals surface area contributed by atoms with Gasteiger partial charge in [-0.3, -0.25) is 29.0 Å². The largest absolute Gasteiger partial charge is 0.480 e. The monoisotopic (exact) mass is 518 g/mol. The number of carboxylic acid groups (broad SMARTS) is 1. The quantitative estimate of drug-likeness (QED) is 0.316. The van der Waals surface area contributed by atoms with E-state index >= 15 is 0 Å². The van der Waals surface area contributed by atoms with Crippen LogP contribution in [-0.2, 0) is 42.9 Å². The number of hydrogen-bond donors (Lipinski definition) is 1. The first kappa shape index (κ1) is 31.7. The highest BCUT2D eigenvalue weighted by molar-refractivity contribution is 5.79. The van der Waals surface area contributed by atoms with Gasteiger partial charge in [-0.2, -0.15) is 0 Å². The van der Waals surface area contributed by atoms with Crippen molar-refractivity contribution in [1.82, 2.24) is 9.80 Å². The summed E-state index contributed by atoms with van der Waals surface area (Å²) >= 11 is 0. The smallest absolute Gasteiger partial charge is 0.320 e. The Kier molecular flexibility index (Phi) is 12.2. The molecule has 0 spiro atoms. The number of carboxylic acids is 1. The molecule has 0 radical (unpaired) electrons. The molecule has 208 valence electrons. The number of likely N-dealkylation sites (tertiary alicyclic amines) is 2. The van der Waals surface area contributed by atoms with Crippen LogP contribution in [0, 0.1) is 10.8 Å². The number of rotatable bonds is 10. The van der Waals surface area contributed by atoms with E-state index in [1.807, 2.05) is 25.7 Å². The summed E-state index contributed by atoms with van der Waals surface area (Å²) in [7, 11) is 5.78. The van der Waals surface area contributed by atoms with Gasteiger partial charge in [-0.25, -0.2) is 0 Å². The lowest BCUT2D eigenvalue weighted by Gasteiger charge is -2.26. The van der Waals surface area contributed by atoms with Gasteiger partial charge in [-0.05, 0) is 33.6 Å². The number of aliphatic carboxylic acids is 1. The van der Waals surface area contributed by atoms with Crippen LogP contribution in [0.2, 0.25) is 0 Å². The summed E-state index contributed by atoms with van der Waals surface area (Å²) in [5.74, 6) is -1.79. The molecule has 36 heavy (non-hydrogen) atoms. The second kappa shape index (κ2) is 13.9. The molecule has 12 heteroatoms. The first-order valence-electron chi connectivity index (χ1n) is 11.8. The summed E-state index contributed by atoms with van der Waals surface area (Å²) < 4.78 is 25.1. The third-order valence-corrected chi connectivity index (χ3v) is 6.08. The van der Waals surface area contributed by atoms with Crippen LogP contribution in [0.25, 0.3) is 0 Å². The summed E-state index contributed by atoms with van der Waals surface area (Å²) in [4.78, 5) is 49.6. The lowest BCUT2D eigenvalue weighted by molar-refractivity contribution is -0.158. The minimum absolute atomic E-state index is 0.0531. The van der Waals surface area contributed by atoms with E-state index in [9.17, 15) is 19.2 Å². The molecular formula is C24H42N2O10. The summed E-state index contributed by atoms with van der Waals surface area (Å²) in [5, 5.41) is 8.68. The van der Waals surface area contributed by atoms with Crippen molar-refractivity contribution in [3.8, 4) is 0 Å². The van der Waals surface area contributed by atoms with E-state index in [1.165, 1.54) is 21.3 Å². The molecule has 0 bridgehead atoms. The third kappa shape index (κ3) is 9.30. The van der Waals surface area contributed by atoms with Crippen LogP contribution in [0.4, 0.5) is 0 Å². The Bertz CT molecular complexity index is 768. The van der Waals surface area contributed by atoms with E-state index in [2.05, 4.69) is 0 Å². The van der Waals surface area contributed by atoms with Gasteiger partial charge in [0, 0.05) is 40.4 Å². The molecule has 2 aliphatic heterocycles. The van der Waals surface area contributed by atoms with E-state index in [0.717, 1.165) is 0 Å². The van der Waals surface area contributed by atoms with Crippen molar-refractivity contribution in [1.29, 1.82) is 0 Å². The Balaban J connectivity index is 0.000000369. The van der Waals surface area contributed by atoms with E-state index in [0.29, 0.717) is 45.6 Å². The minimum atomic E-state index is -0.891. The number of nitrogens with zero attached hydrogens (tertiary/aromatic N) is 2. The lowest BCUT2D eigenvalue weighted by Crippen LogP contribution is -2.41. The van der Waals surface area contributed by atoms with E-state index < -0.39 is 22.4 Å². The Hall–Kier alpha value is -2.28. The fourth-order valence-corrected chi connectivity index (χ4v) is 4.61. The topological polar surface area (TPSA) is 141 Å². The highest BCUT2D eigenvalue weighted by atomic mass is 16.6. The molecule has 2 aliphatic rings. The number of carbonyl (C=O) groups is 4. The number of methoxy groups -OCH3 is 4. The van der Waals surface area contributed by atoms with Crippen LogP contribution in [0.5, 0.6) is 0 Å². The number of carbonyl (C=O) groups excluding carboxylic acids is 3. The zero-order valence-corrected chi connectivity index (χ0v) is 22.6. The molecule has 2 unspecified atom stereocenters. The predicted molar refractivity (Wildman–Crippen MR) is 128 cm³/mol. The highest BCUT2D eigenvalue weighted by Gasteiger charge is 2.47. The Morgan fingerprint density at radius 3 is 1.53 bits per heavy atom. The molecule has 2 saturated heterocycles. The zero-order chi connectivity index (χ0) is 27.6. The molecule has 2 heterocycles. The van der Waals surface area contributed by atoms with Crippen LogP contribution in [-0.4, -0.2) is 125 Å². The van der Waals surface area contributed by atoms with Gasteiger partial charge in [-0.1, -0.05) is 0 Å². The molecule has 12 nitrogen and oxygen atoms in total. The predicted octanol–water partition coefficient (Wildman–Crippen LogP) is 0.422. The van der Waals surface area contributed by atoms with E-state index in [4.69, 9.17) is 28.8 Å². The molecule has 1 N–H and O–H groups in total. The maximum Gasteiger partial charge on any atom is 0.320 e. The molecule has 0 aliphatic carbocycles. The van der Waals surface area contributed by atoms with Gasteiger partial charge < -0.3 is 28.8 Å². The van der Waals surface area contributed by atoms with Crippen molar-refractivity contribution in [3.05, 3.63) is 0 Å². The summed E-state index contributed by atoms with van der Waals surface area (Å²) in [6.07, 6.45) is 1.19. The van der Waals surface area contributed by atoms with E-state index in [1.54, 1.807) is 12.0 Å². The number of ether oxygens (including phenoxy) is 5. The zero-order valence-electron chi connectivity index (χ0n) is 22.6. The SMILES string of the molecule is COCC1(C(=O)OC)CCN(CC(=O)O)C1.COCC1(C(=O)OC)CCN(CC(=O)OC(C)(C)C)C1. The van der Waals surface area contributed by atoms with Crippen LogP contribution in [0.1, 0.15) is 33.6 Å². The average molecular weight is 519 g/mol. The summed E-state index contributed by atoms with van der Waals surface area (Å²) in [5.41, 5.74) is -1.88. The maximum atomic E-state index is 11.9. The van der Waals surface area contributed by atoms with Crippen molar-refractivity contribution >= 4 is 23.9 Å². The van der Waals surface area contributed by atoms with Crippen LogP contribution in [0.15, 0.2) is 0 Å². The Labute approximate surface area is 213 Å². The van der Waals surface area contributed by atoms with Crippen molar-refractivity contribution in [2.75, 3.05) is 80.9 Å². The van der Waals surface area contributed by atoms with Crippen molar-refractivity contribution in [2.45, 2.75) is 39.2 Å². The normalized spacial score (nSPS) is 24.5. The number of esters is 3. The minimum Gasteiger partial charge on any atom is -0.480 e. The lowest BCUT2D eigenvalue weighted by atomic mass is 9.88. The molecule has 2 rings (SSSR count). The average Bonchev–Trinajstić information content (AvgIpc) is 3.37. The van der Waals surface area contributed by atoms with Gasteiger partial charge >= 0.3 is 23.9 Å². The van der Waals surface area contributed by atoms with Gasteiger partial charge in [-0.15, -0.1) is 0 Å². The molecule has 0 aromatic carbocycles. The molecule has 0 aromatic heterocycles. The molecule has 0 amide bonds. The second-order valence-corrected chi connectivity index (χ2v) is 10.3. The first-order valence-corrected chi connectivity index (χ1v) is 11.8. The van der Waals surface area contributed by atoms with Crippen LogP contribution in [0.3, 0.4) is 0 Å². The summed E-state index contributed by atoms with van der Waals surface area (Å²) in [6.45, 7) is 8.23. The van der Waals surface area contributed by atoms with Gasteiger partial charge in [0.15, 0.2) is 0 Å². The fraction of sp³-hybridized carbons (Fsp3) is 0.833. The molecule has 2 fully saturated rings. The van der Waals surface area contributed by atoms with Gasteiger partial charge in [0.2, 0.25) is 0 Å². The maximum absolute atomic E-state index is 11.9. The second-order valence-electron chi connectivity index (χ2n) is 10.3. The van der Waals surface area contributed by atoms with Crippen molar-refractivity contribution in [3.63, 3.8) is 0 Å². The third-order valence-electron chi connectivity index (χ3n) is 6.08. The van der Waals surface area contributed by atoms with Gasteiger partial charge in [0.1, 0.15) is 16.4 Å². The fourth-order valence-electron chi connectivity index (χ4n) is 4.61. The van der Waals surface area contributed by atoms with Crippen LogP contribution < -0.4 is 0 Å². The molecule has 0 saturated carbocycles. The van der Waals surface area contributed by atoms with Crippen LogP contribution >= 0.6 is 0 Å². The first-order chi connectivity index (χ1) is 16.8. The summed E-state index contributed by atoms with van der Waals surface area (Å²) in [6, 6.07) is 0.